The predicted molar refractivity (Wildman–Crippen MR) is 174 cm³/mol. The first kappa shape index (κ1) is 33.1. The summed E-state index contributed by atoms with van der Waals surface area (Å²) in [5.74, 6) is -0.894. The van der Waals surface area contributed by atoms with Crippen molar-refractivity contribution < 1.29 is 18.0 Å². The van der Waals surface area contributed by atoms with Crippen molar-refractivity contribution in [3.63, 3.8) is 0 Å². The first-order chi connectivity index (χ1) is 20.4. The molecule has 0 unspecified atom stereocenters. The normalized spacial score (nSPS) is 14.6. The van der Waals surface area contributed by atoms with Crippen molar-refractivity contribution >= 4 is 62.3 Å². The van der Waals surface area contributed by atoms with E-state index in [2.05, 4.69) is 5.32 Å². The fourth-order valence-corrected chi connectivity index (χ4v) is 6.84. The van der Waals surface area contributed by atoms with Gasteiger partial charge in [0.25, 0.3) is 0 Å². The average molecular weight is 665 g/mol. The first-order valence-electron chi connectivity index (χ1n) is 14.2. The van der Waals surface area contributed by atoms with Crippen molar-refractivity contribution in [2.75, 3.05) is 17.1 Å². The Labute approximate surface area is 269 Å². The fraction of sp³-hybridized carbons (Fsp3) is 0.375. The molecule has 0 radical (unpaired) electrons. The van der Waals surface area contributed by atoms with E-state index in [1.165, 1.54) is 11.0 Å². The van der Waals surface area contributed by atoms with Gasteiger partial charge in [-0.15, -0.1) is 0 Å². The van der Waals surface area contributed by atoms with Crippen LogP contribution in [0.2, 0.25) is 15.1 Å². The van der Waals surface area contributed by atoms with Crippen LogP contribution >= 0.6 is 34.8 Å². The van der Waals surface area contributed by atoms with Gasteiger partial charge in [0.15, 0.2) is 0 Å². The molecular formula is C32H36Cl3N3O4S. The van der Waals surface area contributed by atoms with Gasteiger partial charge < -0.3 is 10.2 Å². The predicted octanol–water partition coefficient (Wildman–Crippen LogP) is 6.81. The van der Waals surface area contributed by atoms with Gasteiger partial charge >= 0.3 is 0 Å². The molecule has 4 rings (SSSR count). The summed E-state index contributed by atoms with van der Waals surface area (Å²) in [4.78, 5) is 29.7. The lowest BCUT2D eigenvalue weighted by atomic mass is 9.94. The number of anilines is 1. The van der Waals surface area contributed by atoms with Gasteiger partial charge in [-0.25, -0.2) is 8.42 Å². The molecule has 0 aromatic heterocycles. The Bertz CT molecular complexity index is 1530. The minimum absolute atomic E-state index is 0.00240. The van der Waals surface area contributed by atoms with Crippen LogP contribution in [0.5, 0.6) is 0 Å². The zero-order valence-electron chi connectivity index (χ0n) is 24.2. The summed E-state index contributed by atoms with van der Waals surface area (Å²) >= 11 is 19.4. The van der Waals surface area contributed by atoms with Crippen molar-refractivity contribution in [3.05, 3.63) is 98.5 Å². The van der Waals surface area contributed by atoms with E-state index < -0.39 is 28.5 Å². The van der Waals surface area contributed by atoms with E-state index in [4.69, 9.17) is 34.8 Å². The molecule has 11 heteroatoms. The lowest BCUT2D eigenvalue weighted by Crippen LogP contribution is -2.55. The second-order valence-electron chi connectivity index (χ2n) is 11.0. The van der Waals surface area contributed by atoms with E-state index >= 15 is 0 Å². The summed E-state index contributed by atoms with van der Waals surface area (Å²) < 4.78 is 27.0. The molecule has 3 aromatic rings. The third kappa shape index (κ3) is 8.88. The van der Waals surface area contributed by atoms with Gasteiger partial charge in [-0.1, -0.05) is 96.5 Å². The number of halogens is 3. The highest BCUT2D eigenvalue weighted by atomic mass is 35.5. The van der Waals surface area contributed by atoms with Crippen LogP contribution in [-0.2, 0) is 32.6 Å². The summed E-state index contributed by atoms with van der Waals surface area (Å²) in [6.45, 7) is 1.15. The van der Waals surface area contributed by atoms with E-state index in [0.717, 1.165) is 53.8 Å². The van der Waals surface area contributed by atoms with Gasteiger partial charge in [0.05, 0.1) is 11.9 Å². The van der Waals surface area contributed by atoms with Gasteiger partial charge in [0.2, 0.25) is 21.8 Å². The van der Waals surface area contributed by atoms with Gasteiger partial charge in [-0.2, -0.15) is 0 Å². The Kier molecular flexibility index (Phi) is 11.4. The van der Waals surface area contributed by atoms with E-state index in [0.29, 0.717) is 20.6 Å². The second kappa shape index (κ2) is 14.8. The number of sulfonamides is 1. The quantitative estimate of drug-likeness (QED) is 0.244. The summed E-state index contributed by atoms with van der Waals surface area (Å²) in [6.07, 6.45) is 6.14. The zero-order chi connectivity index (χ0) is 31.1. The molecule has 0 saturated heterocycles. The molecule has 1 aliphatic carbocycles. The fourth-order valence-electron chi connectivity index (χ4n) is 5.30. The van der Waals surface area contributed by atoms with Gasteiger partial charge in [-0.3, -0.25) is 13.9 Å². The number of carbonyl (C=O) groups excluding carboxylic acids is 2. The van der Waals surface area contributed by atoms with Gasteiger partial charge in [-0.05, 0) is 55.2 Å². The zero-order valence-corrected chi connectivity index (χ0v) is 27.3. The van der Waals surface area contributed by atoms with E-state index in [1.807, 2.05) is 30.3 Å². The number of aryl methyl sites for hydroxylation is 1. The number of nitrogens with zero attached hydrogens (tertiary/aromatic N) is 2. The Morgan fingerprint density at radius 2 is 1.56 bits per heavy atom. The van der Waals surface area contributed by atoms with Crippen LogP contribution in [-0.4, -0.2) is 50.0 Å². The molecule has 1 fully saturated rings. The maximum absolute atomic E-state index is 14.3. The molecule has 2 amide bonds. The van der Waals surface area contributed by atoms with Crippen LogP contribution in [0.4, 0.5) is 5.69 Å². The van der Waals surface area contributed by atoms with Crippen molar-refractivity contribution in [3.8, 4) is 0 Å². The maximum atomic E-state index is 14.3. The number of carbonyl (C=O) groups is 2. The lowest BCUT2D eigenvalue weighted by Gasteiger charge is -2.35. The molecule has 0 aliphatic heterocycles. The van der Waals surface area contributed by atoms with Crippen LogP contribution < -0.4 is 9.62 Å². The van der Waals surface area contributed by atoms with Crippen LogP contribution in [0, 0.1) is 6.92 Å². The lowest BCUT2D eigenvalue weighted by molar-refractivity contribution is -0.140. The monoisotopic (exact) mass is 663 g/mol. The van der Waals surface area contributed by atoms with Crippen LogP contribution in [0.3, 0.4) is 0 Å². The van der Waals surface area contributed by atoms with Crippen molar-refractivity contribution in [2.24, 2.45) is 0 Å². The molecule has 3 aromatic carbocycles. The Morgan fingerprint density at radius 3 is 2.16 bits per heavy atom. The average Bonchev–Trinajstić information content (AvgIpc) is 2.97. The molecule has 230 valence electrons. The van der Waals surface area contributed by atoms with Crippen molar-refractivity contribution in [2.45, 2.75) is 64.1 Å². The summed E-state index contributed by atoms with van der Waals surface area (Å²) in [6, 6.07) is 18.3. The number of amides is 2. The molecule has 1 atom stereocenters. The molecule has 1 aliphatic rings. The number of rotatable bonds is 11. The van der Waals surface area contributed by atoms with Crippen molar-refractivity contribution in [1.29, 1.82) is 0 Å². The van der Waals surface area contributed by atoms with Crippen LogP contribution in [0.1, 0.15) is 48.8 Å². The molecular weight excluding hydrogens is 629 g/mol. The maximum Gasteiger partial charge on any atom is 0.244 e. The second-order valence-corrected chi connectivity index (χ2v) is 14.1. The molecule has 7 nitrogen and oxygen atoms in total. The third-order valence-electron chi connectivity index (χ3n) is 7.74. The number of nitrogens with one attached hydrogen (secondary N) is 1. The van der Waals surface area contributed by atoms with Gasteiger partial charge in [0.1, 0.15) is 12.6 Å². The number of hydrogen-bond donors (Lipinski definition) is 1. The molecule has 0 bridgehead atoms. The summed E-state index contributed by atoms with van der Waals surface area (Å²) in [5.41, 5.74) is 2.32. The Morgan fingerprint density at radius 1 is 0.907 bits per heavy atom. The van der Waals surface area contributed by atoms with E-state index in [9.17, 15) is 18.0 Å². The largest absolute Gasteiger partial charge is 0.352 e. The molecule has 1 N–H and O–H groups in total. The molecule has 1 saturated carbocycles. The molecule has 43 heavy (non-hydrogen) atoms. The molecule has 0 spiro atoms. The number of hydrogen-bond acceptors (Lipinski definition) is 4. The SMILES string of the molecule is Cc1ccc(N(CC(=O)N(Cc2c(Cl)cccc2Cl)[C@@H](Cc2ccccc2)C(=O)NC2CCCCC2)S(C)(=O)=O)cc1Cl. The standard InChI is InChI=1S/C32H36Cl3N3O4S/c1-22-16-17-25(19-29(22)35)38(43(2,41)42)21-31(39)37(20-26-27(33)14-9-15-28(26)34)30(18-23-10-5-3-6-11-23)32(40)36-24-12-7-4-8-13-24/h3,5-6,9-11,14-17,19,24,30H,4,7-8,12-13,18,20-21H2,1-2H3,(H,36,40)/t30-/m0/s1. The topological polar surface area (TPSA) is 86.8 Å². The smallest absolute Gasteiger partial charge is 0.244 e. The van der Waals surface area contributed by atoms with E-state index in [-0.39, 0.29) is 30.6 Å². The highest BCUT2D eigenvalue weighted by Crippen LogP contribution is 2.29. The van der Waals surface area contributed by atoms with Crippen LogP contribution in [0.15, 0.2) is 66.7 Å². The highest BCUT2D eigenvalue weighted by Gasteiger charge is 2.35. The van der Waals surface area contributed by atoms with Crippen molar-refractivity contribution in [1.82, 2.24) is 10.2 Å². The summed E-state index contributed by atoms with van der Waals surface area (Å²) in [7, 11) is -3.92. The number of benzene rings is 3. The third-order valence-corrected chi connectivity index (χ3v) is 9.99. The minimum Gasteiger partial charge on any atom is -0.352 e. The van der Waals surface area contributed by atoms with E-state index in [1.54, 1.807) is 37.3 Å². The van der Waals surface area contributed by atoms with Gasteiger partial charge in [0, 0.05) is 39.6 Å². The highest BCUT2D eigenvalue weighted by molar-refractivity contribution is 7.92. The first-order valence-corrected chi connectivity index (χ1v) is 17.2. The Balaban J connectivity index is 1.76. The Hall–Kier alpha value is -2.78. The van der Waals surface area contributed by atoms with Crippen LogP contribution in [0.25, 0.3) is 0 Å². The molecule has 0 heterocycles. The summed E-state index contributed by atoms with van der Waals surface area (Å²) in [5, 5.41) is 4.21. The minimum atomic E-state index is -3.92.